The average molecular weight is 514 g/mol. The predicted molar refractivity (Wildman–Crippen MR) is 142 cm³/mol. The SMILES string of the molecule is CCOc1ccc(-c2nn(-c3ccccc3)cc2/C=C2\SC(=S)N(CCCOC)C2=O)cc1Cl. The molecule has 0 bridgehead atoms. The summed E-state index contributed by atoms with van der Waals surface area (Å²) in [6.45, 7) is 3.54. The molecule has 1 saturated heterocycles. The molecule has 1 aliphatic heterocycles. The van der Waals surface area contributed by atoms with E-state index in [1.807, 2.05) is 67.7 Å². The molecular formula is C25H24ClN3O3S2. The van der Waals surface area contributed by atoms with Gasteiger partial charge in [-0.2, -0.15) is 5.10 Å². The first kappa shape index (κ1) is 24.5. The monoisotopic (exact) mass is 513 g/mol. The lowest BCUT2D eigenvalue weighted by atomic mass is 10.1. The van der Waals surface area contributed by atoms with Gasteiger partial charge in [-0.1, -0.05) is 53.8 Å². The van der Waals surface area contributed by atoms with Crippen LogP contribution in [0.4, 0.5) is 0 Å². The standard InChI is InChI=1S/C25H24ClN3O3S2/c1-3-32-21-11-10-17(14-20(21)26)23-18(16-29(27-23)19-8-5-4-6-9-19)15-22-24(30)28(25(33)34-22)12-7-13-31-2/h4-6,8-11,14-16H,3,7,12-13H2,1-2H3/b22-15-. The topological polar surface area (TPSA) is 56.6 Å². The minimum absolute atomic E-state index is 0.103. The van der Waals surface area contributed by atoms with Gasteiger partial charge >= 0.3 is 0 Å². The third-order valence-corrected chi connectivity index (χ3v) is 6.83. The van der Waals surface area contributed by atoms with Gasteiger partial charge in [0.25, 0.3) is 5.91 Å². The number of thioether (sulfide) groups is 1. The molecule has 0 saturated carbocycles. The number of nitrogens with zero attached hydrogens (tertiary/aromatic N) is 3. The van der Waals surface area contributed by atoms with Gasteiger partial charge in [0.05, 0.1) is 22.2 Å². The lowest BCUT2D eigenvalue weighted by Gasteiger charge is -2.13. The van der Waals surface area contributed by atoms with E-state index in [-0.39, 0.29) is 5.91 Å². The first-order chi connectivity index (χ1) is 16.5. The molecule has 0 radical (unpaired) electrons. The normalized spacial score (nSPS) is 14.9. The molecule has 6 nitrogen and oxygen atoms in total. The Kier molecular flexibility index (Phi) is 8.05. The number of rotatable bonds is 9. The van der Waals surface area contributed by atoms with E-state index < -0.39 is 0 Å². The number of carbonyl (C=O) groups is 1. The van der Waals surface area contributed by atoms with Gasteiger partial charge < -0.3 is 9.47 Å². The first-order valence-corrected chi connectivity index (χ1v) is 12.4. The summed E-state index contributed by atoms with van der Waals surface area (Å²) in [5, 5.41) is 5.33. The maximum atomic E-state index is 13.1. The van der Waals surface area contributed by atoms with E-state index in [2.05, 4.69) is 0 Å². The molecule has 1 aromatic heterocycles. The van der Waals surface area contributed by atoms with Crippen LogP contribution in [0.3, 0.4) is 0 Å². The first-order valence-electron chi connectivity index (χ1n) is 10.8. The number of amides is 1. The smallest absolute Gasteiger partial charge is 0.266 e. The van der Waals surface area contributed by atoms with Crippen molar-refractivity contribution in [2.75, 3.05) is 26.9 Å². The van der Waals surface area contributed by atoms with Crippen LogP contribution in [-0.4, -0.2) is 51.8 Å². The largest absolute Gasteiger partial charge is 0.492 e. The number of aromatic nitrogens is 2. The Labute approximate surface area is 213 Å². The highest BCUT2D eigenvalue weighted by Crippen LogP contribution is 2.36. The quantitative estimate of drug-likeness (QED) is 0.204. The van der Waals surface area contributed by atoms with E-state index in [9.17, 15) is 4.79 Å². The number of para-hydroxylation sites is 1. The number of hydrogen-bond donors (Lipinski definition) is 0. The van der Waals surface area contributed by atoms with Crippen molar-refractivity contribution >= 4 is 51.9 Å². The number of hydrogen-bond acceptors (Lipinski definition) is 6. The molecule has 9 heteroatoms. The Morgan fingerprint density at radius 1 is 1.21 bits per heavy atom. The molecule has 0 N–H and O–H groups in total. The fourth-order valence-electron chi connectivity index (χ4n) is 3.55. The minimum atomic E-state index is -0.103. The van der Waals surface area contributed by atoms with E-state index >= 15 is 0 Å². The van der Waals surface area contributed by atoms with Crippen LogP contribution in [0.25, 0.3) is 23.0 Å². The van der Waals surface area contributed by atoms with E-state index in [4.69, 9.17) is 38.4 Å². The van der Waals surface area contributed by atoms with Crippen molar-refractivity contribution in [1.29, 1.82) is 0 Å². The molecule has 4 rings (SSSR count). The van der Waals surface area contributed by atoms with Crippen molar-refractivity contribution in [3.8, 4) is 22.7 Å². The van der Waals surface area contributed by atoms with Gasteiger partial charge in [0.2, 0.25) is 0 Å². The van der Waals surface area contributed by atoms with Crippen molar-refractivity contribution in [3.05, 3.63) is 70.2 Å². The third kappa shape index (κ3) is 5.36. The molecule has 176 valence electrons. The van der Waals surface area contributed by atoms with Crippen LogP contribution in [0.1, 0.15) is 18.9 Å². The molecule has 3 aromatic rings. The number of benzene rings is 2. The Balaban J connectivity index is 1.73. The fraction of sp³-hybridized carbons (Fsp3) is 0.240. The van der Waals surface area contributed by atoms with Gasteiger partial charge in [0.1, 0.15) is 15.8 Å². The van der Waals surface area contributed by atoms with Crippen LogP contribution in [0, 0.1) is 0 Å². The maximum absolute atomic E-state index is 13.1. The summed E-state index contributed by atoms with van der Waals surface area (Å²) in [5.41, 5.74) is 3.23. The van der Waals surface area contributed by atoms with Gasteiger partial charge in [0, 0.05) is 37.6 Å². The van der Waals surface area contributed by atoms with Crippen LogP contribution in [0.2, 0.25) is 5.02 Å². The van der Waals surface area contributed by atoms with Crippen molar-refractivity contribution < 1.29 is 14.3 Å². The van der Waals surface area contributed by atoms with Crippen molar-refractivity contribution in [2.24, 2.45) is 0 Å². The fourth-order valence-corrected chi connectivity index (χ4v) is 5.09. The summed E-state index contributed by atoms with van der Waals surface area (Å²) in [6.07, 6.45) is 4.48. The van der Waals surface area contributed by atoms with Crippen molar-refractivity contribution in [3.63, 3.8) is 0 Å². The Morgan fingerprint density at radius 2 is 2.00 bits per heavy atom. The second-order valence-electron chi connectivity index (χ2n) is 7.47. The molecule has 0 spiro atoms. The van der Waals surface area contributed by atoms with E-state index in [0.29, 0.717) is 45.5 Å². The molecule has 2 aromatic carbocycles. The van der Waals surface area contributed by atoms with Crippen LogP contribution < -0.4 is 4.74 Å². The van der Waals surface area contributed by atoms with Crippen LogP contribution >= 0.6 is 35.6 Å². The maximum Gasteiger partial charge on any atom is 0.266 e. The minimum Gasteiger partial charge on any atom is -0.492 e. The summed E-state index contributed by atoms with van der Waals surface area (Å²) >= 11 is 13.2. The van der Waals surface area contributed by atoms with Gasteiger partial charge in [-0.15, -0.1) is 0 Å². The molecule has 1 fully saturated rings. The Hall–Kier alpha value is -2.65. The molecule has 0 unspecified atom stereocenters. The number of methoxy groups -OCH3 is 1. The Morgan fingerprint density at radius 3 is 2.71 bits per heavy atom. The second-order valence-corrected chi connectivity index (χ2v) is 9.55. The van der Waals surface area contributed by atoms with Gasteiger partial charge in [-0.3, -0.25) is 9.69 Å². The zero-order valence-electron chi connectivity index (χ0n) is 18.9. The molecular weight excluding hydrogens is 490 g/mol. The molecule has 1 amide bonds. The Bertz CT molecular complexity index is 1230. The number of ether oxygens (including phenoxy) is 2. The van der Waals surface area contributed by atoms with Crippen LogP contribution in [0.5, 0.6) is 5.75 Å². The van der Waals surface area contributed by atoms with Gasteiger partial charge in [-0.05, 0) is 49.8 Å². The highest BCUT2D eigenvalue weighted by molar-refractivity contribution is 8.26. The summed E-state index contributed by atoms with van der Waals surface area (Å²) in [4.78, 5) is 15.2. The number of carbonyl (C=O) groups excluding carboxylic acids is 1. The average Bonchev–Trinajstić information content (AvgIpc) is 3.37. The lowest BCUT2D eigenvalue weighted by molar-refractivity contribution is -0.122. The summed E-state index contributed by atoms with van der Waals surface area (Å²) in [7, 11) is 1.64. The zero-order valence-corrected chi connectivity index (χ0v) is 21.3. The molecule has 1 aliphatic rings. The lowest BCUT2D eigenvalue weighted by Crippen LogP contribution is -2.29. The van der Waals surface area contributed by atoms with E-state index in [1.54, 1.807) is 16.7 Å². The molecule has 0 atom stereocenters. The molecule has 2 heterocycles. The van der Waals surface area contributed by atoms with Crippen LogP contribution in [0.15, 0.2) is 59.6 Å². The van der Waals surface area contributed by atoms with Crippen molar-refractivity contribution in [2.45, 2.75) is 13.3 Å². The molecule has 0 aliphatic carbocycles. The summed E-state index contributed by atoms with van der Waals surface area (Å²) in [6, 6.07) is 15.4. The highest BCUT2D eigenvalue weighted by Gasteiger charge is 2.32. The van der Waals surface area contributed by atoms with E-state index in [1.165, 1.54) is 11.8 Å². The van der Waals surface area contributed by atoms with Crippen molar-refractivity contribution in [1.82, 2.24) is 14.7 Å². The van der Waals surface area contributed by atoms with Crippen LogP contribution in [-0.2, 0) is 9.53 Å². The summed E-state index contributed by atoms with van der Waals surface area (Å²) in [5.74, 6) is 0.517. The second kappa shape index (κ2) is 11.2. The van der Waals surface area contributed by atoms with Gasteiger partial charge in [-0.25, -0.2) is 4.68 Å². The summed E-state index contributed by atoms with van der Waals surface area (Å²) < 4.78 is 13.0. The highest BCUT2D eigenvalue weighted by atomic mass is 35.5. The number of halogens is 1. The predicted octanol–water partition coefficient (Wildman–Crippen LogP) is 5.83. The number of thiocarbonyl (C=S) groups is 1. The third-order valence-electron chi connectivity index (χ3n) is 5.16. The van der Waals surface area contributed by atoms with Gasteiger partial charge in [0.15, 0.2) is 0 Å². The zero-order chi connectivity index (χ0) is 24.1. The molecule has 34 heavy (non-hydrogen) atoms. The van der Waals surface area contributed by atoms with E-state index in [0.717, 1.165) is 23.2 Å².